The van der Waals surface area contributed by atoms with E-state index in [0.717, 1.165) is 16.5 Å². The molecule has 24 heavy (non-hydrogen) atoms. The third kappa shape index (κ3) is 4.30. The molecule has 1 aromatic carbocycles. The smallest absolute Gasteiger partial charge is 0.230 e. The van der Waals surface area contributed by atoms with Gasteiger partial charge in [-0.25, -0.2) is 0 Å². The van der Waals surface area contributed by atoms with Crippen LogP contribution in [0.25, 0.3) is 0 Å². The van der Waals surface area contributed by atoms with Gasteiger partial charge in [-0.3, -0.25) is 4.79 Å². The summed E-state index contributed by atoms with van der Waals surface area (Å²) in [7, 11) is 0. The number of carbonyl (C=O) groups excluding carboxylic acids is 1. The molecular weight excluding hydrogens is 344 g/mol. The summed E-state index contributed by atoms with van der Waals surface area (Å²) in [6.45, 7) is 4.75. The maximum absolute atomic E-state index is 12.1. The molecule has 1 aromatic heterocycles. The number of aromatic nitrogens is 3. The summed E-state index contributed by atoms with van der Waals surface area (Å²) >= 11 is 7.30. The second-order valence-corrected chi connectivity index (χ2v) is 7.65. The number of halogens is 1. The molecule has 1 heterocycles. The molecule has 0 bridgehead atoms. The Balaban J connectivity index is 1.53. The molecule has 2 aromatic rings. The number of rotatable bonds is 7. The lowest BCUT2D eigenvalue weighted by Gasteiger charge is -2.13. The van der Waals surface area contributed by atoms with E-state index in [1.54, 1.807) is 0 Å². The first-order valence-electron chi connectivity index (χ1n) is 8.13. The minimum Gasteiger partial charge on any atom is -0.351 e. The van der Waals surface area contributed by atoms with E-state index in [-0.39, 0.29) is 5.91 Å². The van der Waals surface area contributed by atoms with Gasteiger partial charge in [0.2, 0.25) is 5.91 Å². The van der Waals surface area contributed by atoms with Crippen molar-refractivity contribution in [3.05, 3.63) is 40.7 Å². The molecule has 0 saturated heterocycles. The molecule has 7 heteroatoms. The molecule has 0 radical (unpaired) electrons. The van der Waals surface area contributed by atoms with Crippen LogP contribution in [-0.2, 0) is 11.3 Å². The minimum absolute atomic E-state index is 0.0128. The molecule has 1 aliphatic carbocycles. The minimum atomic E-state index is -0.0128. The Morgan fingerprint density at radius 2 is 2.04 bits per heavy atom. The highest BCUT2D eigenvalue weighted by Gasteiger charge is 2.31. The lowest BCUT2D eigenvalue weighted by atomic mass is 10.2. The molecule has 0 atom stereocenters. The standard InChI is InChI=1S/C17H21ClN4OS/c1-11(2)22-16(13-5-6-13)20-21-17(22)24-10-15(23)19-9-12-3-7-14(18)8-4-12/h3-4,7-8,11,13H,5-6,9-10H2,1-2H3,(H,19,23). The monoisotopic (exact) mass is 364 g/mol. The van der Waals surface area contributed by atoms with Crippen molar-refractivity contribution in [1.29, 1.82) is 0 Å². The van der Waals surface area contributed by atoms with E-state index in [9.17, 15) is 4.79 Å². The zero-order valence-electron chi connectivity index (χ0n) is 13.8. The van der Waals surface area contributed by atoms with Crippen molar-refractivity contribution >= 4 is 29.3 Å². The summed E-state index contributed by atoms with van der Waals surface area (Å²) in [5.74, 6) is 1.94. The summed E-state index contributed by atoms with van der Waals surface area (Å²) in [5.41, 5.74) is 1.03. The average Bonchev–Trinajstić information content (AvgIpc) is 3.31. The van der Waals surface area contributed by atoms with Crippen LogP contribution >= 0.6 is 23.4 Å². The normalized spacial score (nSPS) is 14.2. The van der Waals surface area contributed by atoms with Crippen molar-refractivity contribution in [3.63, 3.8) is 0 Å². The summed E-state index contributed by atoms with van der Waals surface area (Å²) in [6, 6.07) is 7.76. The van der Waals surface area contributed by atoms with Crippen molar-refractivity contribution in [2.45, 2.75) is 50.4 Å². The number of hydrogen-bond acceptors (Lipinski definition) is 4. The zero-order valence-corrected chi connectivity index (χ0v) is 15.4. The number of hydrogen-bond donors (Lipinski definition) is 1. The molecule has 1 N–H and O–H groups in total. The van der Waals surface area contributed by atoms with Crippen LogP contribution < -0.4 is 5.32 Å². The first-order chi connectivity index (χ1) is 11.5. The summed E-state index contributed by atoms with van der Waals surface area (Å²) in [5, 5.41) is 13.0. The number of nitrogens with zero attached hydrogens (tertiary/aromatic N) is 3. The van der Waals surface area contributed by atoms with Crippen molar-refractivity contribution in [3.8, 4) is 0 Å². The van der Waals surface area contributed by atoms with Crippen LogP contribution in [0.5, 0.6) is 0 Å². The topological polar surface area (TPSA) is 59.8 Å². The molecule has 0 aliphatic heterocycles. The zero-order chi connectivity index (χ0) is 17.1. The lowest BCUT2D eigenvalue weighted by molar-refractivity contribution is -0.118. The van der Waals surface area contributed by atoms with E-state index >= 15 is 0 Å². The molecule has 0 unspecified atom stereocenters. The predicted molar refractivity (Wildman–Crippen MR) is 96.4 cm³/mol. The van der Waals surface area contributed by atoms with Crippen LogP contribution in [0.3, 0.4) is 0 Å². The molecule has 128 valence electrons. The molecule has 0 spiro atoms. The molecule has 1 aliphatic rings. The van der Waals surface area contributed by atoms with Gasteiger partial charge < -0.3 is 9.88 Å². The third-order valence-electron chi connectivity index (χ3n) is 3.89. The number of amides is 1. The van der Waals surface area contributed by atoms with E-state index in [2.05, 4.69) is 33.9 Å². The number of thioether (sulfide) groups is 1. The Morgan fingerprint density at radius 1 is 1.33 bits per heavy atom. The van der Waals surface area contributed by atoms with Gasteiger partial charge in [-0.1, -0.05) is 35.5 Å². The van der Waals surface area contributed by atoms with Gasteiger partial charge in [0.25, 0.3) is 0 Å². The SMILES string of the molecule is CC(C)n1c(SCC(=O)NCc2ccc(Cl)cc2)nnc1C1CC1. The van der Waals surface area contributed by atoms with Crippen LogP contribution in [0.15, 0.2) is 29.4 Å². The largest absolute Gasteiger partial charge is 0.351 e. The highest BCUT2D eigenvalue weighted by Crippen LogP contribution is 2.41. The van der Waals surface area contributed by atoms with Crippen LogP contribution in [0.2, 0.25) is 5.02 Å². The van der Waals surface area contributed by atoms with E-state index in [4.69, 9.17) is 11.6 Å². The highest BCUT2D eigenvalue weighted by atomic mass is 35.5. The summed E-state index contributed by atoms with van der Waals surface area (Å²) in [4.78, 5) is 12.1. The maximum Gasteiger partial charge on any atom is 0.230 e. The van der Waals surface area contributed by atoms with Gasteiger partial charge in [-0.05, 0) is 44.4 Å². The fourth-order valence-electron chi connectivity index (χ4n) is 2.48. The van der Waals surface area contributed by atoms with Crippen molar-refractivity contribution < 1.29 is 4.79 Å². The Bertz CT molecular complexity index is 710. The van der Waals surface area contributed by atoms with E-state index in [0.29, 0.717) is 29.3 Å². The Labute approximate surface area is 151 Å². The lowest BCUT2D eigenvalue weighted by Crippen LogP contribution is -2.24. The van der Waals surface area contributed by atoms with Gasteiger partial charge in [0, 0.05) is 23.5 Å². The van der Waals surface area contributed by atoms with Crippen LogP contribution in [0, 0.1) is 0 Å². The number of benzene rings is 1. The Morgan fingerprint density at radius 3 is 2.67 bits per heavy atom. The highest BCUT2D eigenvalue weighted by molar-refractivity contribution is 7.99. The van der Waals surface area contributed by atoms with Crippen molar-refractivity contribution in [2.75, 3.05) is 5.75 Å². The van der Waals surface area contributed by atoms with Crippen LogP contribution in [-0.4, -0.2) is 26.4 Å². The molecule has 3 rings (SSSR count). The quantitative estimate of drug-likeness (QED) is 0.759. The fourth-order valence-corrected chi connectivity index (χ4v) is 3.51. The molecule has 1 fully saturated rings. The van der Waals surface area contributed by atoms with E-state index in [1.807, 2.05) is 24.3 Å². The summed E-state index contributed by atoms with van der Waals surface area (Å²) in [6.07, 6.45) is 2.38. The fraction of sp³-hybridized carbons (Fsp3) is 0.471. The average molecular weight is 365 g/mol. The molecule has 1 saturated carbocycles. The van der Waals surface area contributed by atoms with Crippen molar-refractivity contribution in [2.24, 2.45) is 0 Å². The van der Waals surface area contributed by atoms with E-state index in [1.165, 1.54) is 24.6 Å². The van der Waals surface area contributed by atoms with Gasteiger partial charge in [-0.15, -0.1) is 10.2 Å². The van der Waals surface area contributed by atoms with Gasteiger partial charge >= 0.3 is 0 Å². The Hall–Kier alpha value is -1.53. The molecule has 1 amide bonds. The van der Waals surface area contributed by atoms with Crippen LogP contribution in [0.4, 0.5) is 0 Å². The second kappa shape index (κ2) is 7.57. The Kier molecular flexibility index (Phi) is 5.46. The van der Waals surface area contributed by atoms with E-state index < -0.39 is 0 Å². The predicted octanol–water partition coefficient (Wildman–Crippen LogP) is 3.80. The third-order valence-corrected chi connectivity index (χ3v) is 5.08. The maximum atomic E-state index is 12.1. The molecular formula is C17H21ClN4OS. The number of carbonyl (C=O) groups is 1. The second-order valence-electron chi connectivity index (χ2n) is 6.27. The van der Waals surface area contributed by atoms with Gasteiger partial charge in [0.05, 0.1) is 5.75 Å². The van der Waals surface area contributed by atoms with Gasteiger partial charge in [0.1, 0.15) is 5.82 Å². The first-order valence-corrected chi connectivity index (χ1v) is 9.49. The van der Waals surface area contributed by atoms with Crippen LogP contribution in [0.1, 0.15) is 50.0 Å². The molecule has 5 nitrogen and oxygen atoms in total. The first kappa shape index (κ1) is 17.3. The van der Waals surface area contributed by atoms with Gasteiger partial charge in [-0.2, -0.15) is 0 Å². The summed E-state index contributed by atoms with van der Waals surface area (Å²) < 4.78 is 2.16. The van der Waals surface area contributed by atoms with Crippen molar-refractivity contribution in [1.82, 2.24) is 20.1 Å². The number of nitrogens with one attached hydrogen (secondary N) is 1. The van der Waals surface area contributed by atoms with Gasteiger partial charge in [0.15, 0.2) is 5.16 Å².